The highest BCUT2D eigenvalue weighted by Gasteiger charge is 2.33. The molecule has 7 heteroatoms. The molecular weight excluding hydrogens is 322 g/mol. The molecule has 25 heavy (non-hydrogen) atoms. The number of aryl methyl sites for hydroxylation is 2. The predicted molar refractivity (Wildman–Crippen MR) is 93.2 cm³/mol. The van der Waals surface area contributed by atoms with Crippen LogP contribution < -0.4 is 15.4 Å². The first kappa shape index (κ1) is 18.8. The molecule has 0 aromatic heterocycles. The Hall–Kier alpha value is -2.57. The molecule has 1 aliphatic rings. The monoisotopic (exact) mass is 347 g/mol. The maximum atomic E-state index is 12.2. The fraction of sp³-hybridized carbons (Fsp3) is 0.500. The fourth-order valence-corrected chi connectivity index (χ4v) is 2.84. The summed E-state index contributed by atoms with van der Waals surface area (Å²) < 4.78 is 5.51. The Morgan fingerprint density at radius 1 is 1.28 bits per heavy atom. The van der Waals surface area contributed by atoms with Crippen LogP contribution in [0.15, 0.2) is 18.2 Å². The Labute approximate surface area is 147 Å². The molecule has 1 aliphatic heterocycles. The van der Waals surface area contributed by atoms with Crippen LogP contribution in [-0.4, -0.2) is 55.4 Å². The van der Waals surface area contributed by atoms with Crippen LogP contribution in [0.25, 0.3) is 0 Å². The number of nitrogens with zero attached hydrogens (tertiary/aromatic N) is 1. The summed E-state index contributed by atoms with van der Waals surface area (Å²) in [5.41, 5.74) is 1.99. The lowest BCUT2D eigenvalue weighted by molar-refractivity contribution is -0.138. The lowest BCUT2D eigenvalue weighted by atomic mass is 10.1. The van der Waals surface area contributed by atoms with Gasteiger partial charge in [0.1, 0.15) is 11.8 Å². The largest absolute Gasteiger partial charge is 0.483 e. The number of hydrogen-bond acceptors (Lipinski definition) is 4. The van der Waals surface area contributed by atoms with Crippen LogP contribution in [0.2, 0.25) is 0 Å². The first-order chi connectivity index (χ1) is 11.9. The molecule has 2 rings (SSSR count). The number of ether oxygens (including phenoxy) is 1. The van der Waals surface area contributed by atoms with Crippen LogP contribution in [-0.2, 0) is 14.4 Å². The van der Waals surface area contributed by atoms with Gasteiger partial charge in [0.2, 0.25) is 11.8 Å². The van der Waals surface area contributed by atoms with Crippen molar-refractivity contribution < 1.29 is 19.1 Å². The van der Waals surface area contributed by atoms with Crippen molar-refractivity contribution in [2.45, 2.75) is 32.7 Å². The van der Waals surface area contributed by atoms with E-state index in [4.69, 9.17) is 4.74 Å². The van der Waals surface area contributed by atoms with Crippen molar-refractivity contribution in [3.63, 3.8) is 0 Å². The minimum atomic E-state index is -0.444. The van der Waals surface area contributed by atoms with Gasteiger partial charge in [0.05, 0.1) is 6.54 Å². The quantitative estimate of drug-likeness (QED) is 0.786. The zero-order chi connectivity index (χ0) is 18.4. The number of carbonyl (C=O) groups is 3. The third-order valence-electron chi connectivity index (χ3n) is 4.26. The standard InChI is InChI=1S/C18H25N3O4/c1-12-6-7-13(2)15(9-12)25-11-16(22)20-10-17(23)21-8-4-5-14(21)18(24)19-3/h6-7,9,14H,4-5,8,10-11H2,1-3H3,(H,19,24)(H,20,22)/t14-/m0/s1. The van der Waals surface area contributed by atoms with Gasteiger partial charge < -0.3 is 20.3 Å². The van der Waals surface area contributed by atoms with Crippen molar-refractivity contribution in [1.29, 1.82) is 0 Å². The fourth-order valence-electron chi connectivity index (χ4n) is 2.84. The zero-order valence-electron chi connectivity index (χ0n) is 14.9. The van der Waals surface area contributed by atoms with E-state index in [2.05, 4.69) is 10.6 Å². The molecule has 136 valence electrons. The number of benzene rings is 1. The second-order valence-electron chi connectivity index (χ2n) is 6.19. The highest BCUT2D eigenvalue weighted by Crippen LogP contribution is 2.19. The SMILES string of the molecule is CNC(=O)[C@@H]1CCCN1C(=O)CNC(=O)COc1cc(C)ccc1C. The Morgan fingerprint density at radius 3 is 2.76 bits per heavy atom. The van der Waals surface area contributed by atoms with Crippen LogP contribution in [0.4, 0.5) is 0 Å². The number of likely N-dealkylation sites (tertiary alicyclic amines) is 1. The van der Waals surface area contributed by atoms with Gasteiger partial charge in [-0.3, -0.25) is 14.4 Å². The van der Waals surface area contributed by atoms with Crippen molar-refractivity contribution in [3.8, 4) is 5.75 Å². The van der Waals surface area contributed by atoms with E-state index in [9.17, 15) is 14.4 Å². The number of carbonyl (C=O) groups excluding carboxylic acids is 3. The zero-order valence-corrected chi connectivity index (χ0v) is 14.9. The van der Waals surface area contributed by atoms with Crippen LogP contribution in [0.1, 0.15) is 24.0 Å². The maximum absolute atomic E-state index is 12.2. The normalized spacial score (nSPS) is 16.4. The van der Waals surface area contributed by atoms with Crippen LogP contribution >= 0.6 is 0 Å². The van der Waals surface area contributed by atoms with Gasteiger partial charge in [0, 0.05) is 13.6 Å². The number of nitrogens with one attached hydrogen (secondary N) is 2. The minimum absolute atomic E-state index is 0.136. The molecule has 1 atom stereocenters. The number of amides is 3. The van der Waals surface area contributed by atoms with Gasteiger partial charge in [-0.2, -0.15) is 0 Å². The molecule has 0 spiro atoms. The van der Waals surface area contributed by atoms with E-state index >= 15 is 0 Å². The molecule has 0 bridgehead atoms. The smallest absolute Gasteiger partial charge is 0.258 e. The summed E-state index contributed by atoms with van der Waals surface area (Å²) in [5, 5.41) is 5.12. The van der Waals surface area contributed by atoms with Crippen LogP contribution in [0.3, 0.4) is 0 Å². The van der Waals surface area contributed by atoms with Gasteiger partial charge in [0.25, 0.3) is 5.91 Å². The van der Waals surface area contributed by atoms with Crippen molar-refractivity contribution in [2.75, 3.05) is 26.7 Å². The van der Waals surface area contributed by atoms with Crippen molar-refractivity contribution in [1.82, 2.24) is 15.5 Å². The van der Waals surface area contributed by atoms with Gasteiger partial charge in [-0.25, -0.2) is 0 Å². The van der Waals surface area contributed by atoms with Crippen molar-refractivity contribution >= 4 is 17.7 Å². The molecule has 1 aromatic rings. The first-order valence-electron chi connectivity index (χ1n) is 8.40. The molecule has 1 aromatic carbocycles. The summed E-state index contributed by atoms with van der Waals surface area (Å²) >= 11 is 0. The van der Waals surface area contributed by atoms with Crippen LogP contribution in [0.5, 0.6) is 5.75 Å². The van der Waals surface area contributed by atoms with Gasteiger partial charge in [0.15, 0.2) is 6.61 Å². The highest BCUT2D eigenvalue weighted by atomic mass is 16.5. The van der Waals surface area contributed by atoms with Crippen LogP contribution in [0, 0.1) is 13.8 Å². The van der Waals surface area contributed by atoms with E-state index in [1.165, 1.54) is 4.90 Å². The average molecular weight is 347 g/mol. The predicted octanol–water partition coefficient (Wildman–Crippen LogP) is 0.535. The Kier molecular flexibility index (Phi) is 6.38. The van der Waals surface area contributed by atoms with Crippen molar-refractivity contribution in [2.24, 2.45) is 0 Å². The third-order valence-corrected chi connectivity index (χ3v) is 4.26. The molecule has 0 unspecified atom stereocenters. The van der Waals surface area contributed by atoms with Gasteiger partial charge in [-0.15, -0.1) is 0 Å². The summed E-state index contributed by atoms with van der Waals surface area (Å²) in [7, 11) is 1.55. The Bertz CT molecular complexity index is 660. The summed E-state index contributed by atoms with van der Waals surface area (Å²) in [6, 6.07) is 5.32. The second-order valence-corrected chi connectivity index (χ2v) is 6.19. The van der Waals surface area contributed by atoms with Gasteiger partial charge in [-0.1, -0.05) is 12.1 Å². The lowest BCUT2D eigenvalue weighted by Gasteiger charge is -2.23. The van der Waals surface area contributed by atoms with E-state index in [0.717, 1.165) is 17.5 Å². The molecule has 1 fully saturated rings. The molecular formula is C18H25N3O4. The van der Waals surface area contributed by atoms with E-state index < -0.39 is 6.04 Å². The molecule has 1 saturated heterocycles. The van der Waals surface area contributed by atoms with Crippen molar-refractivity contribution in [3.05, 3.63) is 29.3 Å². The molecule has 0 saturated carbocycles. The topological polar surface area (TPSA) is 87.7 Å². The molecule has 0 aliphatic carbocycles. The highest BCUT2D eigenvalue weighted by molar-refractivity contribution is 5.90. The molecule has 7 nitrogen and oxygen atoms in total. The third kappa shape index (κ3) is 4.95. The van der Waals surface area contributed by atoms with E-state index in [0.29, 0.717) is 18.7 Å². The molecule has 1 heterocycles. The summed E-state index contributed by atoms with van der Waals surface area (Å²) in [5.74, 6) is -0.146. The summed E-state index contributed by atoms with van der Waals surface area (Å²) in [6.07, 6.45) is 1.43. The first-order valence-corrected chi connectivity index (χ1v) is 8.40. The Balaban J connectivity index is 1.80. The van der Waals surface area contributed by atoms with E-state index in [1.54, 1.807) is 7.05 Å². The molecule has 3 amide bonds. The minimum Gasteiger partial charge on any atom is -0.483 e. The van der Waals surface area contributed by atoms with E-state index in [-0.39, 0.29) is 30.9 Å². The van der Waals surface area contributed by atoms with Gasteiger partial charge >= 0.3 is 0 Å². The van der Waals surface area contributed by atoms with E-state index in [1.807, 2.05) is 32.0 Å². The number of likely N-dealkylation sites (N-methyl/N-ethyl adjacent to an activating group) is 1. The second kappa shape index (κ2) is 8.50. The summed E-state index contributed by atoms with van der Waals surface area (Å²) in [4.78, 5) is 37.5. The Morgan fingerprint density at radius 2 is 2.04 bits per heavy atom. The van der Waals surface area contributed by atoms with Gasteiger partial charge in [-0.05, 0) is 43.9 Å². The summed E-state index contributed by atoms with van der Waals surface area (Å²) in [6.45, 7) is 4.09. The molecule has 2 N–H and O–H groups in total. The maximum Gasteiger partial charge on any atom is 0.258 e. The lowest BCUT2D eigenvalue weighted by Crippen LogP contribution is -2.48. The average Bonchev–Trinajstić information content (AvgIpc) is 3.09. The number of rotatable bonds is 6. The number of hydrogen-bond donors (Lipinski definition) is 2. The molecule has 0 radical (unpaired) electrons.